The van der Waals surface area contributed by atoms with Crippen molar-refractivity contribution in [3.63, 3.8) is 0 Å². The molecule has 0 saturated carbocycles. The van der Waals surface area contributed by atoms with Crippen LogP contribution in [0.4, 0.5) is 4.39 Å². The molecule has 2 nitrogen and oxygen atoms in total. The van der Waals surface area contributed by atoms with Crippen LogP contribution in [-0.2, 0) is 6.42 Å². The van der Waals surface area contributed by atoms with Gasteiger partial charge in [-0.2, -0.15) is 0 Å². The Hall–Kier alpha value is -0.930. The molecule has 0 aliphatic carbocycles. The highest BCUT2D eigenvalue weighted by atomic mass is 19.1. The lowest BCUT2D eigenvalue weighted by Gasteiger charge is -2.43. The van der Waals surface area contributed by atoms with Gasteiger partial charge in [0, 0.05) is 32.2 Å². The minimum absolute atomic E-state index is 0.0228. The summed E-state index contributed by atoms with van der Waals surface area (Å²) in [7, 11) is 2.14. The first kappa shape index (κ1) is 10.2. The summed E-state index contributed by atoms with van der Waals surface area (Å²) < 4.78 is 13.7. The largest absolute Gasteiger partial charge is 0.303 e. The minimum Gasteiger partial charge on any atom is -0.303 e. The van der Waals surface area contributed by atoms with E-state index in [-0.39, 0.29) is 5.82 Å². The molecule has 0 amide bonds. The molecule has 3 heteroatoms. The average molecular weight is 220 g/mol. The predicted octanol–water partition coefficient (Wildman–Crippen LogP) is 1.67. The number of hydrogen-bond donors (Lipinski definition) is 0. The first-order valence-corrected chi connectivity index (χ1v) is 5.95. The molecule has 1 fully saturated rings. The number of fused-ring (bicyclic) bond motifs is 3. The van der Waals surface area contributed by atoms with Crippen molar-refractivity contribution < 1.29 is 4.39 Å². The van der Waals surface area contributed by atoms with Crippen LogP contribution in [-0.4, -0.2) is 43.0 Å². The second-order valence-corrected chi connectivity index (χ2v) is 4.87. The Morgan fingerprint density at radius 1 is 1.25 bits per heavy atom. The molecule has 0 radical (unpaired) electrons. The van der Waals surface area contributed by atoms with E-state index in [0.29, 0.717) is 6.04 Å². The number of likely N-dealkylation sites (N-methyl/N-ethyl adjacent to an activating group) is 1. The van der Waals surface area contributed by atoms with E-state index in [1.165, 1.54) is 5.56 Å². The Balaban J connectivity index is 2.00. The highest BCUT2D eigenvalue weighted by Crippen LogP contribution is 2.33. The van der Waals surface area contributed by atoms with Gasteiger partial charge in [0.2, 0.25) is 0 Å². The third-order valence-electron chi connectivity index (χ3n) is 3.86. The van der Waals surface area contributed by atoms with Crippen LogP contribution in [0.5, 0.6) is 0 Å². The highest BCUT2D eigenvalue weighted by Gasteiger charge is 2.32. The molecule has 16 heavy (non-hydrogen) atoms. The summed E-state index contributed by atoms with van der Waals surface area (Å²) in [5.74, 6) is -0.0228. The molecule has 3 rings (SSSR count). The lowest BCUT2D eigenvalue weighted by molar-refractivity contribution is 0.0817. The first-order chi connectivity index (χ1) is 7.75. The average Bonchev–Trinajstić information content (AvgIpc) is 2.29. The summed E-state index contributed by atoms with van der Waals surface area (Å²) >= 11 is 0. The van der Waals surface area contributed by atoms with Gasteiger partial charge in [-0.15, -0.1) is 0 Å². The van der Waals surface area contributed by atoms with Crippen molar-refractivity contribution >= 4 is 0 Å². The smallest absolute Gasteiger partial charge is 0.126 e. The normalized spacial score (nSPS) is 26.2. The molecule has 0 spiro atoms. The van der Waals surface area contributed by atoms with Crippen LogP contribution >= 0.6 is 0 Å². The van der Waals surface area contributed by atoms with Gasteiger partial charge in [-0.05, 0) is 30.7 Å². The molecule has 1 aromatic rings. The molecule has 1 saturated heterocycles. The van der Waals surface area contributed by atoms with Crippen LogP contribution in [0.2, 0.25) is 0 Å². The second kappa shape index (κ2) is 3.82. The summed E-state index contributed by atoms with van der Waals surface area (Å²) in [6, 6.07) is 5.92. The maximum atomic E-state index is 13.7. The van der Waals surface area contributed by atoms with E-state index >= 15 is 0 Å². The molecule has 2 aliphatic heterocycles. The van der Waals surface area contributed by atoms with Gasteiger partial charge in [-0.3, -0.25) is 4.90 Å². The third-order valence-corrected chi connectivity index (χ3v) is 3.86. The van der Waals surface area contributed by atoms with Crippen LogP contribution in [0.3, 0.4) is 0 Å². The number of nitrogens with zero attached hydrogens (tertiary/aromatic N) is 2. The molecule has 0 aromatic heterocycles. The van der Waals surface area contributed by atoms with E-state index in [0.717, 1.165) is 38.2 Å². The molecular weight excluding hydrogens is 203 g/mol. The molecule has 1 unspecified atom stereocenters. The molecular formula is C13H17FN2. The third kappa shape index (κ3) is 1.55. The van der Waals surface area contributed by atoms with Gasteiger partial charge in [-0.1, -0.05) is 12.1 Å². The molecule has 1 atom stereocenters. The van der Waals surface area contributed by atoms with Crippen molar-refractivity contribution in [3.05, 3.63) is 35.1 Å². The van der Waals surface area contributed by atoms with Crippen LogP contribution < -0.4 is 0 Å². The zero-order chi connectivity index (χ0) is 11.1. The maximum Gasteiger partial charge on any atom is 0.126 e. The van der Waals surface area contributed by atoms with Gasteiger partial charge in [0.05, 0.1) is 0 Å². The maximum absolute atomic E-state index is 13.7. The van der Waals surface area contributed by atoms with Crippen LogP contribution in [0.1, 0.15) is 17.2 Å². The van der Waals surface area contributed by atoms with Crippen LogP contribution in [0.25, 0.3) is 0 Å². The quantitative estimate of drug-likeness (QED) is 0.656. The van der Waals surface area contributed by atoms with Crippen LogP contribution in [0, 0.1) is 5.82 Å². The highest BCUT2D eigenvalue weighted by molar-refractivity contribution is 5.34. The van der Waals surface area contributed by atoms with E-state index < -0.39 is 0 Å². The second-order valence-electron chi connectivity index (χ2n) is 4.87. The van der Waals surface area contributed by atoms with E-state index in [9.17, 15) is 4.39 Å². The van der Waals surface area contributed by atoms with E-state index in [1.54, 1.807) is 6.07 Å². The van der Waals surface area contributed by atoms with Crippen molar-refractivity contribution in [1.82, 2.24) is 9.80 Å². The van der Waals surface area contributed by atoms with Crippen molar-refractivity contribution in [2.75, 3.05) is 33.2 Å². The van der Waals surface area contributed by atoms with Gasteiger partial charge in [0.1, 0.15) is 5.82 Å². The van der Waals surface area contributed by atoms with Gasteiger partial charge in [0.25, 0.3) is 0 Å². The molecule has 2 aliphatic rings. The van der Waals surface area contributed by atoms with Crippen molar-refractivity contribution in [2.45, 2.75) is 12.5 Å². The van der Waals surface area contributed by atoms with Crippen molar-refractivity contribution in [1.29, 1.82) is 0 Å². The summed E-state index contributed by atoms with van der Waals surface area (Å²) in [5, 5.41) is 0. The number of rotatable bonds is 0. The molecule has 2 heterocycles. The van der Waals surface area contributed by atoms with Gasteiger partial charge >= 0.3 is 0 Å². The Morgan fingerprint density at radius 3 is 3.00 bits per heavy atom. The SMILES string of the molecule is CN1CCN2CCc3c(F)cccc3C2C1. The zero-order valence-corrected chi connectivity index (χ0v) is 9.62. The summed E-state index contributed by atoms with van der Waals surface area (Å²) in [5.41, 5.74) is 2.15. The Bertz CT molecular complexity index is 405. The first-order valence-electron chi connectivity index (χ1n) is 5.95. The molecule has 0 bridgehead atoms. The Kier molecular flexibility index (Phi) is 2.45. The van der Waals surface area contributed by atoms with E-state index in [4.69, 9.17) is 0 Å². The fourth-order valence-electron chi connectivity index (χ4n) is 2.93. The minimum atomic E-state index is -0.0228. The van der Waals surface area contributed by atoms with Gasteiger partial charge < -0.3 is 4.90 Å². The van der Waals surface area contributed by atoms with Gasteiger partial charge in [-0.25, -0.2) is 4.39 Å². The lowest BCUT2D eigenvalue weighted by Crippen LogP contribution is -2.49. The monoisotopic (exact) mass is 220 g/mol. The Labute approximate surface area is 95.7 Å². The topological polar surface area (TPSA) is 6.48 Å². The molecule has 86 valence electrons. The molecule has 1 aromatic carbocycles. The standard InChI is InChI=1S/C13H17FN2/c1-15-7-8-16-6-5-10-11(13(16)9-15)3-2-4-12(10)14/h2-4,13H,5-9H2,1H3. The summed E-state index contributed by atoms with van der Waals surface area (Å²) in [4.78, 5) is 4.82. The van der Waals surface area contributed by atoms with E-state index in [1.807, 2.05) is 6.07 Å². The molecule has 0 N–H and O–H groups in total. The Morgan fingerprint density at radius 2 is 2.12 bits per heavy atom. The number of benzene rings is 1. The van der Waals surface area contributed by atoms with Crippen molar-refractivity contribution in [2.24, 2.45) is 0 Å². The van der Waals surface area contributed by atoms with Crippen molar-refractivity contribution in [3.8, 4) is 0 Å². The lowest BCUT2D eigenvalue weighted by atomic mass is 9.90. The van der Waals surface area contributed by atoms with E-state index in [2.05, 4.69) is 22.9 Å². The fraction of sp³-hybridized carbons (Fsp3) is 0.538. The van der Waals surface area contributed by atoms with Crippen LogP contribution in [0.15, 0.2) is 18.2 Å². The summed E-state index contributed by atoms with van der Waals surface area (Å²) in [6.07, 6.45) is 0.863. The number of piperazine rings is 1. The fourth-order valence-corrected chi connectivity index (χ4v) is 2.93. The predicted molar refractivity (Wildman–Crippen MR) is 61.9 cm³/mol. The van der Waals surface area contributed by atoms with Gasteiger partial charge in [0.15, 0.2) is 0 Å². The summed E-state index contributed by atoms with van der Waals surface area (Å²) in [6.45, 7) is 4.27. The number of halogens is 1. The number of hydrogen-bond acceptors (Lipinski definition) is 2. The zero-order valence-electron chi connectivity index (χ0n) is 9.62.